The van der Waals surface area contributed by atoms with Gasteiger partial charge in [-0.05, 0) is 32.8 Å². The number of hydrogen-bond donors (Lipinski definition) is 0. The maximum atomic E-state index is 4.44. The summed E-state index contributed by atoms with van der Waals surface area (Å²) in [5, 5.41) is 0. The molecular weight excluding hydrogens is 174 g/mol. The van der Waals surface area contributed by atoms with Gasteiger partial charge in [-0.15, -0.1) is 0 Å². The van der Waals surface area contributed by atoms with Gasteiger partial charge in [0.2, 0.25) is 0 Å². The number of nitrogens with zero attached hydrogens (tertiary/aromatic N) is 3. The minimum Gasteiger partial charge on any atom is -0.342 e. The molecule has 0 unspecified atom stereocenters. The Morgan fingerprint density at radius 1 is 1.29 bits per heavy atom. The Bertz CT molecular complexity index is 494. The van der Waals surface area contributed by atoms with Crippen molar-refractivity contribution in [2.24, 2.45) is 0 Å². The van der Waals surface area contributed by atoms with E-state index < -0.39 is 0 Å². The average Bonchev–Trinajstić information content (AvgIpc) is 2.87. The van der Waals surface area contributed by atoms with Crippen molar-refractivity contribution in [3.05, 3.63) is 23.8 Å². The van der Waals surface area contributed by atoms with Crippen LogP contribution in [0.4, 0.5) is 0 Å². The summed E-state index contributed by atoms with van der Waals surface area (Å²) in [6, 6.07) is 2.80. The number of fused-ring (bicyclic) bond motifs is 1. The van der Waals surface area contributed by atoms with Crippen molar-refractivity contribution in [2.75, 3.05) is 0 Å². The van der Waals surface area contributed by atoms with E-state index in [-0.39, 0.29) is 0 Å². The fraction of sp³-hybridized carbons (Fsp3) is 0.455. The monoisotopic (exact) mass is 187 g/mol. The predicted octanol–water partition coefficient (Wildman–Crippen LogP) is 2.38. The van der Waals surface area contributed by atoms with Crippen LogP contribution < -0.4 is 0 Å². The Hall–Kier alpha value is -1.38. The van der Waals surface area contributed by atoms with Crippen LogP contribution in [0.15, 0.2) is 12.3 Å². The van der Waals surface area contributed by atoms with Gasteiger partial charge < -0.3 is 4.57 Å². The molecule has 1 saturated carbocycles. The maximum Gasteiger partial charge on any atom is 0.126 e. The van der Waals surface area contributed by atoms with Gasteiger partial charge in [0.05, 0.1) is 16.7 Å². The van der Waals surface area contributed by atoms with Crippen LogP contribution in [-0.2, 0) is 0 Å². The third-order valence-corrected chi connectivity index (χ3v) is 2.79. The molecular formula is C11H13N3. The summed E-state index contributed by atoms with van der Waals surface area (Å²) in [5.74, 6) is 0.864. The maximum absolute atomic E-state index is 4.44. The number of hydrogen-bond acceptors (Lipinski definition) is 2. The normalized spacial score (nSPS) is 16.4. The van der Waals surface area contributed by atoms with Crippen molar-refractivity contribution in [1.82, 2.24) is 14.5 Å². The van der Waals surface area contributed by atoms with Gasteiger partial charge in [0.1, 0.15) is 5.82 Å². The molecule has 0 spiro atoms. The molecule has 2 aromatic heterocycles. The van der Waals surface area contributed by atoms with Gasteiger partial charge in [0.15, 0.2) is 0 Å². The van der Waals surface area contributed by atoms with Gasteiger partial charge in [-0.1, -0.05) is 0 Å². The van der Waals surface area contributed by atoms with Crippen molar-refractivity contribution in [2.45, 2.75) is 32.7 Å². The van der Waals surface area contributed by atoms with Gasteiger partial charge in [-0.25, -0.2) is 9.97 Å². The highest BCUT2D eigenvalue weighted by Crippen LogP contribution is 2.37. The zero-order valence-corrected chi connectivity index (χ0v) is 8.49. The number of aryl methyl sites for hydroxylation is 2. The number of aromatic nitrogens is 3. The van der Waals surface area contributed by atoms with Crippen LogP contribution in [0.1, 0.15) is 30.4 Å². The topological polar surface area (TPSA) is 30.7 Å². The lowest BCUT2D eigenvalue weighted by Crippen LogP contribution is -1.97. The summed E-state index contributed by atoms with van der Waals surface area (Å²) >= 11 is 0. The quantitative estimate of drug-likeness (QED) is 0.686. The van der Waals surface area contributed by atoms with Crippen LogP contribution in [0.5, 0.6) is 0 Å². The molecule has 3 nitrogen and oxygen atoms in total. The van der Waals surface area contributed by atoms with Crippen LogP contribution in [0, 0.1) is 13.8 Å². The molecule has 0 amide bonds. The third kappa shape index (κ3) is 1.05. The van der Waals surface area contributed by atoms with E-state index in [0.29, 0.717) is 6.04 Å². The molecule has 1 fully saturated rings. The van der Waals surface area contributed by atoms with E-state index in [4.69, 9.17) is 0 Å². The molecule has 0 atom stereocenters. The Balaban J connectivity index is 2.33. The molecule has 1 aliphatic rings. The van der Waals surface area contributed by atoms with Crippen LogP contribution in [-0.4, -0.2) is 14.5 Å². The highest BCUT2D eigenvalue weighted by atomic mass is 15.1. The number of rotatable bonds is 1. The summed E-state index contributed by atoms with van der Waals surface area (Å²) in [4.78, 5) is 8.85. The van der Waals surface area contributed by atoms with Gasteiger partial charge in [-0.2, -0.15) is 0 Å². The molecule has 0 saturated heterocycles. The standard InChI is InChI=1S/C11H13N3/c1-7-11-10(13-8(2)12-7)5-6-14(11)9-3-4-9/h5-6,9H,3-4H2,1-2H3. The van der Waals surface area contributed by atoms with Crippen molar-refractivity contribution in [3.63, 3.8) is 0 Å². The summed E-state index contributed by atoms with van der Waals surface area (Å²) in [6.07, 6.45) is 4.75. The molecule has 3 rings (SSSR count). The van der Waals surface area contributed by atoms with Crippen molar-refractivity contribution in [1.29, 1.82) is 0 Å². The van der Waals surface area contributed by atoms with E-state index in [1.54, 1.807) is 0 Å². The lowest BCUT2D eigenvalue weighted by atomic mass is 10.3. The second-order valence-corrected chi connectivity index (χ2v) is 4.04. The van der Waals surface area contributed by atoms with Gasteiger partial charge in [0.25, 0.3) is 0 Å². The van der Waals surface area contributed by atoms with Gasteiger partial charge in [0, 0.05) is 12.2 Å². The minimum atomic E-state index is 0.706. The van der Waals surface area contributed by atoms with E-state index in [1.807, 2.05) is 6.92 Å². The Morgan fingerprint density at radius 2 is 2.07 bits per heavy atom. The van der Waals surface area contributed by atoms with Crippen molar-refractivity contribution >= 4 is 11.0 Å². The first-order valence-electron chi connectivity index (χ1n) is 5.07. The van der Waals surface area contributed by atoms with Crippen LogP contribution in [0.2, 0.25) is 0 Å². The van der Waals surface area contributed by atoms with E-state index in [1.165, 1.54) is 18.4 Å². The first kappa shape index (κ1) is 7.97. The molecule has 0 aliphatic heterocycles. The van der Waals surface area contributed by atoms with Crippen LogP contribution in [0.25, 0.3) is 11.0 Å². The largest absolute Gasteiger partial charge is 0.342 e. The predicted molar refractivity (Wildman–Crippen MR) is 55.3 cm³/mol. The Labute approximate surface area is 82.8 Å². The van der Waals surface area contributed by atoms with Crippen molar-refractivity contribution in [3.8, 4) is 0 Å². The van der Waals surface area contributed by atoms with E-state index in [9.17, 15) is 0 Å². The lowest BCUT2D eigenvalue weighted by Gasteiger charge is -2.04. The molecule has 0 aromatic carbocycles. The zero-order valence-electron chi connectivity index (χ0n) is 8.49. The second-order valence-electron chi connectivity index (χ2n) is 4.04. The second kappa shape index (κ2) is 2.56. The van der Waals surface area contributed by atoms with E-state index >= 15 is 0 Å². The highest BCUT2D eigenvalue weighted by Gasteiger charge is 2.25. The van der Waals surface area contributed by atoms with E-state index in [0.717, 1.165) is 17.0 Å². The Kier molecular flexibility index (Phi) is 1.46. The first-order chi connectivity index (χ1) is 6.75. The van der Waals surface area contributed by atoms with Gasteiger partial charge >= 0.3 is 0 Å². The fourth-order valence-electron chi connectivity index (χ4n) is 2.05. The van der Waals surface area contributed by atoms with Gasteiger partial charge in [-0.3, -0.25) is 0 Å². The Morgan fingerprint density at radius 3 is 2.79 bits per heavy atom. The summed E-state index contributed by atoms with van der Waals surface area (Å²) < 4.78 is 2.32. The minimum absolute atomic E-state index is 0.706. The fourth-order valence-corrected chi connectivity index (χ4v) is 2.05. The molecule has 2 aromatic rings. The smallest absolute Gasteiger partial charge is 0.126 e. The van der Waals surface area contributed by atoms with Crippen LogP contribution in [0.3, 0.4) is 0 Å². The van der Waals surface area contributed by atoms with Crippen molar-refractivity contribution < 1.29 is 0 Å². The average molecular weight is 187 g/mol. The molecule has 72 valence electrons. The lowest BCUT2D eigenvalue weighted by molar-refractivity contribution is 0.770. The summed E-state index contributed by atoms with van der Waals surface area (Å²) in [5.41, 5.74) is 3.41. The molecule has 3 heteroatoms. The molecule has 0 bridgehead atoms. The molecule has 0 N–H and O–H groups in total. The van der Waals surface area contributed by atoms with E-state index in [2.05, 4.69) is 33.7 Å². The third-order valence-electron chi connectivity index (χ3n) is 2.79. The summed E-state index contributed by atoms with van der Waals surface area (Å²) in [6.45, 7) is 4.01. The SMILES string of the molecule is Cc1nc(C)c2c(ccn2C2CC2)n1. The highest BCUT2D eigenvalue weighted by molar-refractivity contribution is 5.78. The zero-order chi connectivity index (χ0) is 9.71. The summed E-state index contributed by atoms with van der Waals surface area (Å²) in [7, 11) is 0. The molecule has 1 aliphatic carbocycles. The molecule has 2 heterocycles. The first-order valence-corrected chi connectivity index (χ1v) is 5.07. The molecule has 0 radical (unpaired) electrons. The molecule has 14 heavy (non-hydrogen) atoms. The van der Waals surface area contributed by atoms with Crippen LogP contribution >= 0.6 is 0 Å².